The molecule has 0 saturated carbocycles. The molecule has 4 rings (SSSR count). The van der Waals surface area contributed by atoms with Crippen molar-refractivity contribution < 1.29 is 4.79 Å². The summed E-state index contributed by atoms with van der Waals surface area (Å²) in [4.78, 5) is 14.2. The van der Waals surface area contributed by atoms with Crippen LogP contribution in [0.5, 0.6) is 0 Å². The van der Waals surface area contributed by atoms with Gasteiger partial charge in [-0.3, -0.25) is 4.79 Å². The molecule has 2 heterocycles. The van der Waals surface area contributed by atoms with Gasteiger partial charge in [-0.05, 0) is 53.9 Å². The van der Waals surface area contributed by atoms with E-state index in [0.29, 0.717) is 16.4 Å². The molecule has 0 radical (unpaired) electrons. The number of nitrogens with one attached hydrogen (secondary N) is 2. The Balaban J connectivity index is 1.64. The molecule has 0 saturated heterocycles. The number of fused-ring (bicyclic) bond motifs is 3. The summed E-state index contributed by atoms with van der Waals surface area (Å²) in [6.07, 6.45) is 3.05. The van der Waals surface area contributed by atoms with Crippen molar-refractivity contribution in [3.8, 4) is 0 Å². The van der Waals surface area contributed by atoms with Crippen molar-refractivity contribution in [2.75, 3.05) is 5.32 Å². The number of carbonyl (C=O) groups is 1. The Morgan fingerprint density at radius 2 is 1.88 bits per heavy atom. The van der Waals surface area contributed by atoms with Crippen LogP contribution in [0.25, 0.3) is 0 Å². The van der Waals surface area contributed by atoms with E-state index in [0.717, 1.165) is 35.4 Å². The molecule has 3 nitrogen and oxygen atoms in total. The van der Waals surface area contributed by atoms with Gasteiger partial charge < -0.3 is 10.6 Å². The van der Waals surface area contributed by atoms with E-state index >= 15 is 0 Å². The van der Waals surface area contributed by atoms with Crippen molar-refractivity contribution in [3.63, 3.8) is 0 Å². The Kier molecular flexibility index (Phi) is 4.08. The lowest BCUT2D eigenvalue weighted by Crippen LogP contribution is -2.38. The first-order valence-corrected chi connectivity index (χ1v) is 10.00. The Bertz CT molecular complexity index is 819. The van der Waals surface area contributed by atoms with E-state index in [1.54, 1.807) is 11.3 Å². The van der Waals surface area contributed by atoms with Gasteiger partial charge in [-0.1, -0.05) is 44.5 Å². The molecule has 1 aliphatic carbocycles. The summed E-state index contributed by atoms with van der Waals surface area (Å²) in [6.45, 7) is 6.95. The fourth-order valence-electron chi connectivity index (χ4n) is 3.86. The summed E-state index contributed by atoms with van der Waals surface area (Å²) in [7, 11) is 0. The minimum absolute atomic E-state index is 0.0420. The number of amides is 1. The van der Waals surface area contributed by atoms with Crippen molar-refractivity contribution in [2.45, 2.75) is 46.2 Å². The molecule has 2 N–H and O–H groups in total. The first kappa shape index (κ1) is 16.9. The van der Waals surface area contributed by atoms with Crippen molar-refractivity contribution in [2.24, 2.45) is 11.3 Å². The summed E-state index contributed by atoms with van der Waals surface area (Å²) in [5.74, 6) is 0.718. The summed E-state index contributed by atoms with van der Waals surface area (Å²) in [5.41, 5.74) is 3.46. The average molecular weight is 375 g/mol. The molecule has 0 bridgehead atoms. The van der Waals surface area contributed by atoms with Crippen LogP contribution >= 0.6 is 22.9 Å². The van der Waals surface area contributed by atoms with Crippen LogP contribution in [-0.4, -0.2) is 5.91 Å². The lowest BCUT2D eigenvalue weighted by Gasteiger charge is -2.34. The first-order valence-electron chi connectivity index (χ1n) is 8.80. The summed E-state index contributed by atoms with van der Waals surface area (Å²) >= 11 is 7.74. The van der Waals surface area contributed by atoms with Gasteiger partial charge in [0.05, 0.1) is 5.56 Å². The highest BCUT2D eigenvalue weighted by Crippen LogP contribution is 2.46. The molecule has 2 atom stereocenters. The fraction of sp³-hybridized carbons (Fsp3) is 0.450. The zero-order valence-electron chi connectivity index (χ0n) is 14.8. The number of benzene rings is 1. The zero-order chi connectivity index (χ0) is 17.8. The third-order valence-electron chi connectivity index (χ3n) is 5.47. The van der Waals surface area contributed by atoms with Crippen molar-refractivity contribution in [1.82, 2.24) is 5.32 Å². The molecular formula is C20H23ClN2OS. The van der Waals surface area contributed by atoms with Gasteiger partial charge in [-0.25, -0.2) is 0 Å². The highest BCUT2D eigenvalue weighted by atomic mass is 35.5. The van der Waals surface area contributed by atoms with Gasteiger partial charge in [0, 0.05) is 9.90 Å². The molecule has 25 heavy (non-hydrogen) atoms. The Morgan fingerprint density at radius 3 is 2.56 bits per heavy atom. The highest BCUT2D eigenvalue weighted by Gasteiger charge is 2.36. The lowest BCUT2D eigenvalue weighted by atomic mass is 9.72. The molecule has 132 valence electrons. The second-order valence-electron chi connectivity index (χ2n) is 8.12. The van der Waals surface area contributed by atoms with Gasteiger partial charge in [0.25, 0.3) is 5.91 Å². The molecule has 0 fully saturated rings. The maximum Gasteiger partial charge on any atom is 0.256 e. The SMILES string of the molecule is CC(C)(C)[C@@H]1CCc2c(sc3c2C(=O)N[C@@H](c2ccc(Cl)cc2)N3)C1. The van der Waals surface area contributed by atoms with E-state index in [-0.39, 0.29) is 12.1 Å². The van der Waals surface area contributed by atoms with E-state index in [9.17, 15) is 4.79 Å². The van der Waals surface area contributed by atoms with Crippen LogP contribution in [0.4, 0.5) is 5.00 Å². The van der Waals surface area contributed by atoms with E-state index in [2.05, 4.69) is 31.4 Å². The van der Waals surface area contributed by atoms with E-state index in [1.165, 1.54) is 10.4 Å². The number of hydrogen-bond acceptors (Lipinski definition) is 3. The predicted molar refractivity (Wildman–Crippen MR) is 105 cm³/mol. The van der Waals surface area contributed by atoms with Crippen molar-refractivity contribution >= 4 is 33.8 Å². The summed E-state index contributed by atoms with van der Waals surface area (Å²) in [5, 5.41) is 8.33. The minimum Gasteiger partial charge on any atom is -0.353 e. The van der Waals surface area contributed by atoms with Gasteiger partial charge in [-0.15, -0.1) is 11.3 Å². The van der Waals surface area contributed by atoms with Gasteiger partial charge in [0.1, 0.15) is 11.2 Å². The normalized spacial score (nSPS) is 22.6. The standard InChI is InChI=1S/C20H23ClN2OS/c1-20(2,3)12-6-9-14-15(10-12)25-19-16(14)18(24)22-17(23-19)11-4-7-13(21)8-5-11/h4-5,7-8,12,17,23H,6,9-10H2,1-3H3,(H,22,24)/t12-,17-/m1/s1. The van der Waals surface area contributed by atoms with E-state index in [4.69, 9.17) is 11.6 Å². The van der Waals surface area contributed by atoms with Gasteiger partial charge in [0.2, 0.25) is 0 Å². The van der Waals surface area contributed by atoms with Crippen LogP contribution in [0.3, 0.4) is 0 Å². The molecule has 0 spiro atoms. The molecule has 2 aliphatic rings. The largest absolute Gasteiger partial charge is 0.353 e. The highest BCUT2D eigenvalue weighted by molar-refractivity contribution is 7.16. The van der Waals surface area contributed by atoms with Gasteiger partial charge >= 0.3 is 0 Å². The molecule has 1 aliphatic heterocycles. The predicted octanol–water partition coefficient (Wildman–Crippen LogP) is 5.41. The Labute approximate surface area is 157 Å². The smallest absolute Gasteiger partial charge is 0.256 e. The maximum absolute atomic E-state index is 12.8. The molecule has 1 aromatic heterocycles. The lowest BCUT2D eigenvalue weighted by molar-refractivity contribution is 0.0935. The number of hydrogen-bond donors (Lipinski definition) is 2. The van der Waals surface area contributed by atoms with Crippen LogP contribution in [0, 0.1) is 11.3 Å². The first-order chi connectivity index (χ1) is 11.8. The number of halogens is 1. The Hall–Kier alpha value is -1.52. The van der Waals surface area contributed by atoms with Crippen molar-refractivity contribution in [1.29, 1.82) is 0 Å². The van der Waals surface area contributed by atoms with Crippen LogP contribution in [0.1, 0.15) is 59.7 Å². The topological polar surface area (TPSA) is 41.1 Å². The quantitative estimate of drug-likeness (QED) is 0.701. The molecule has 1 amide bonds. The second kappa shape index (κ2) is 6.03. The monoisotopic (exact) mass is 374 g/mol. The zero-order valence-corrected chi connectivity index (χ0v) is 16.4. The fourth-order valence-corrected chi connectivity index (χ4v) is 5.34. The molecule has 1 aromatic carbocycles. The molecule has 5 heteroatoms. The van der Waals surface area contributed by atoms with E-state index < -0.39 is 0 Å². The second-order valence-corrected chi connectivity index (χ2v) is 9.66. The summed E-state index contributed by atoms with van der Waals surface area (Å²) in [6, 6.07) is 7.62. The number of rotatable bonds is 1. The number of carbonyl (C=O) groups excluding carboxylic acids is 1. The third kappa shape index (κ3) is 3.06. The molecule has 2 aromatic rings. The van der Waals surface area contributed by atoms with Crippen LogP contribution in [-0.2, 0) is 12.8 Å². The van der Waals surface area contributed by atoms with Gasteiger partial charge in [0.15, 0.2) is 0 Å². The number of anilines is 1. The van der Waals surface area contributed by atoms with E-state index in [1.807, 2.05) is 24.3 Å². The van der Waals surface area contributed by atoms with Crippen LogP contribution < -0.4 is 10.6 Å². The number of thiophene rings is 1. The third-order valence-corrected chi connectivity index (χ3v) is 6.91. The van der Waals surface area contributed by atoms with Crippen LogP contribution in [0.15, 0.2) is 24.3 Å². The molecule has 0 unspecified atom stereocenters. The Morgan fingerprint density at radius 1 is 1.16 bits per heavy atom. The maximum atomic E-state index is 12.8. The molecular weight excluding hydrogens is 352 g/mol. The van der Waals surface area contributed by atoms with Gasteiger partial charge in [-0.2, -0.15) is 0 Å². The van der Waals surface area contributed by atoms with Crippen molar-refractivity contribution in [3.05, 3.63) is 50.9 Å². The summed E-state index contributed by atoms with van der Waals surface area (Å²) < 4.78 is 0. The van der Waals surface area contributed by atoms with Crippen LogP contribution in [0.2, 0.25) is 5.02 Å². The minimum atomic E-state index is -0.198. The average Bonchev–Trinajstić information content (AvgIpc) is 2.92.